The maximum absolute atomic E-state index is 12.3. The molecule has 2 heterocycles. The fourth-order valence-corrected chi connectivity index (χ4v) is 2.98. The number of likely N-dealkylation sites (tertiary alicyclic amines) is 1. The highest BCUT2D eigenvalue weighted by Crippen LogP contribution is 2.22. The first kappa shape index (κ1) is 14.4. The van der Waals surface area contributed by atoms with Gasteiger partial charge < -0.3 is 14.4 Å². The van der Waals surface area contributed by atoms with Crippen LogP contribution in [0.4, 0.5) is 0 Å². The summed E-state index contributed by atoms with van der Waals surface area (Å²) in [7, 11) is 0. The van der Waals surface area contributed by atoms with E-state index >= 15 is 0 Å². The molecule has 1 atom stereocenters. The van der Waals surface area contributed by atoms with Crippen molar-refractivity contribution in [1.29, 1.82) is 0 Å². The number of ether oxygens (including phenoxy) is 2. The quantitative estimate of drug-likeness (QED) is 0.858. The van der Waals surface area contributed by atoms with Crippen LogP contribution in [0, 0.1) is 6.92 Å². The number of carbonyl (C=O) groups excluding carboxylic acids is 1. The van der Waals surface area contributed by atoms with Crippen LogP contribution in [0.5, 0.6) is 5.75 Å². The zero-order valence-corrected chi connectivity index (χ0v) is 12.6. The molecule has 4 nitrogen and oxygen atoms in total. The van der Waals surface area contributed by atoms with E-state index in [-0.39, 0.29) is 18.1 Å². The number of rotatable bonds is 3. The van der Waals surface area contributed by atoms with E-state index in [1.54, 1.807) is 0 Å². The van der Waals surface area contributed by atoms with Gasteiger partial charge in [-0.1, -0.05) is 17.7 Å². The van der Waals surface area contributed by atoms with Crippen molar-refractivity contribution in [2.45, 2.75) is 44.8 Å². The Bertz CT molecular complexity index is 471. The number of aryl methyl sites for hydroxylation is 1. The summed E-state index contributed by atoms with van der Waals surface area (Å²) in [5.74, 6) is 1.09. The molecule has 2 saturated heterocycles. The van der Waals surface area contributed by atoms with Gasteiger partial charge in [-0.15, -0.1) is 0 Å². The predicted molar refractivity (Wildman–Crippen MR) is 80.4 cm³/mol. The summed E-state index contributed by atoms with van der Waals surface area (Å²) < 4.78 is 11.5. The fourth-order valence-electron chi connectivity index (χ4n) is 2.98. The Morgan fingerprint density at radius 2 is 1.90 bits per heavy atom. The molecule has 3 rings (SSSR count). The first-order valence-corrected chi connectivity index (χ1v) is 7.86. The lowest BCUT2D eigenvalue weighted by Gasteiger charge is -2.33. The van der Waals surface area contributed by atoms with Crippen LogP contribution >= 0.6 is 0 Å². The van der Waals surface area contributed by atoms with Crippen LogP contribution in [0.1, 0.15) is 31.2 Å². The summed E-state index contributed by atoms with van der Waals surface area (Å²) in [5.41, 5.74) is 1.24. The number of amides is 1. The second kappa shape index (κ2) is 6.48. The molecule has 0 radical (unpaired) electrons. The van der Waals surface area contributed by atoms with Gasteiger partial charge in [0.05, 0.1) is 0 Å². The number of piperidine rings is 1. The molecule has 0 spiro atoms. The molecule has 0 N–H and O–H groups in total. The summed E-state index contributed by atoms with van der Waals surface area (Å²) in [6.45, 7) is 4.34. The first-order valence-electron chi connectivity index (χ1n) is 7.86. The van der Waals surface area contributed by atoms with Crippen molar-refractivity contribution in [2.75, 3.05) is 19.7 Å². The third-order valence-corrected chi connectivity index (χ3v) is 4.28. The maximum Gasteiger partial charge on any atom is 0.251 e. The van der Waals surface area contributed by atoms with Crippen LogP contribution < -0.4 is 4.74 Å². The summed E-state index contributed by atoms with van der Waals surface area (Å²) in [6.07, 6.45) is 3.68. The number of carbonyl (C=O) groups is 1. The Morgan fingerprint density at radius 3 is 2.52 bits per heavy atom. The Morgan fingerprint density at radius 1 is 1.19 bits per heavy atom. The van der Waals surface area contributed by atoms with E-state index in [0.717, 1.165) is 51.1 Å². The molecule has 1 aromatic rings. The van der Waals surface area contributed by atoms with Gasteiger partial charge in [0, 0.05) is 32.5 Å². The second-order valence-corrected chi connectivity index (χ2v) is 5.96. The van der Waals surface area contributed by atoms with Crippen molar-refractivity contribution in [1.82, 2.24) is 4.90 Å². The molecule has 1 amide bonds. The minimum Gasteiger partial charge on any atom is -0.490 e. The van der Waals surface area contributed by atoms with Crippen LogP contribution in [0.25, 0.3) is 0 Å². The maximum atomic E-state index is 12.3. The highest BCUT2D eigenvalue weighted by molar-refractivity contribution is 5.81. The molecule has 0 bridgehead atoms. The van der Waals surface area contributed by atoms with Crippen LogP contribution in [0.2, 0.25) is 0 Å². The van der Waals surface area contributed by atoms with E-state index in [1.807, 2.05) is 17.0 Å². The van der Waals surface area contributed by atoms with E-state index in [1.165, 1.54) is 5.56 Å². The van der Waals surface area contributed by atoms with Gasteiger partial charge in [-0.25, -0.2) is 0 Å². The molecule has 4 heteroatoms. The lowest BCUT2D eigenvalue weighted by atomic mass is 10.1. The lowest BCUT2D eigenvalue weighted by molar-refractivity contribution is -0.142. The molecule has 0 aromatic heterocycles. The van der Waals surface area contributed by atoms with E-state index < -0.39 is 0 Å². The van der Waals surface area contributed by atoms with Gasteiger partial charge in [-0.3, -0.25) is 4.79 Å². The van der Waals surface area contributed by atoms with Gasteiger partial charge in [-0.2, -0.15) is 0 Å². The van der Waals surface area contributed by atoms with E-state index in [9.17, 15) is 4.79 Å². The van der Waals surface area contributed by atoms with E-state index in [2.05, 4.69) is 19.1 Å². The largest absolute Gasteiger partial charge is 0.490 e. The molecule has 1 aromatic carbocycles. The van der Waals surface area contributed by atoms with Crippen LogP contribution in [-0.2, 0) is 9.53 Å². The zero-order valence-electron chi connectivity index (χ0n) is 12.6. The van der Waals surface area contributed by atoms with Gasteiger partial charge in [0.2, 0.25) is 0 Å². The molecule has 2 fully saturated rings. The second-order valence-electron chi connectivity index (χ2n) is 5.96. The Balaban J connectivity index is 1.48. The third kappa shape index (κ3) is 3.56. The molecule has 2 aliphatic heterocycles. The number of benzene rings is 1. The minimum atomic E-state index is -0.195. The average molecular weight is 289 g/mol. The number of hydrogen-bond donors (Lipinski definition) is 0. The topological polar surface area (TPSA) is 38.8 Å². The fraction of sp³-hybridized carbons (Fsp3) is 0.588. The van der Waals surface area contributed by atoms with Gasteiger partial charge in [0.15, 0.2) is 0 Å². The van der Waals surface area contributed by atoms with Crippen molar-refractivity contribution < 1.29 is 14.3 Å². The molecule has 0 saturated carbocycles. The van der Waals surface area contributed by atoms with Crippen molar-refractivity contribution >= 4 is 5.91 Å². The molecule has 114 valence electrons. The molecule has 0 unspecified atom stereocenters. The van der Waals surface area contributed by atoms with Gasteiger partial charge in [0.1, 0.15) is 18.0 Å². The van der Waals surface area contributed by atoms with Crippen LogP contribution in [0.15, 0.2) is 24.3 Å². The van der Waals surface area contributed by atoms with Crippen molar-refractivity contribution in [2.24, 2.45) is 0 Å². The smallest absolute Gasteiger partial charge is 0.251 e. The third-order valence-electron chi connectivity index (χ3n) is 4.28. The average Bonchev–Trinajstić information content (AvgIpc) is 3.04. The Kier molecular flexibility index (Phi) is 4.44. The monoisotopic (exact) mass is 289 g/mol. The molecular weight excluding hydrogens is 266 g/mol. The summed E-state index contributed by atoms with van der Waals surface area (Å²) in [6, 6.07) is 8.15. The highest BCUT2D eigenvalue weighted by Gasteiger charge is 2.31. The molecule has 21 heavy (non-hydrogen) atoms. The SMILES string of the molecule is Cc1ccc(OC2CCN(C(=O)[C@@H]3CCCO3)CC2)cc1. The van der Waals surface area contributed by atoms with E-state index in [0.29, 0.717) is 0 Å². The normalized spacial score (nSPS) is 23.3. The van der Waals surface area contributed by atoms with Crippen molar-refractivity contribution in [3.05, 3.63) is 29.8 Å². The molecular formula is C17H23NO3. The van der Waals surface area contributed by atoms with E-state index in [4.69, 9.17) is 9.47 Å². The van der Waals surface area contributed by atoms with Gasteiger partial charge in [-0.05, 0) is 31.9 Å². The summed E-state index contributed by atoms with van der Waals surface area (Å²) >= 11 is 0. The van der Waals surface area contributed by atoms with Gasteiger partial charge in [0.25, 0.3) is 5.91 Å². The number of hydrogen-bond acceptors (Lipinski definition) is 3. The summed E-state index contributed by atoms with van der Waals surface area (Å²) in [4.78, 5) is 14.2. The van der Waals surface area contributed by atoms with Gasteiger partial charge >= 0.3 is 0 Å². The first-order chi connectivity index (χ1) is 10.2. The molecule has 2 aliphatic rings. The van der Waals surface area contributed by atoms with Crippen molar-refractivity contribution in [3.63, 3.8) is 0 Å². The number of nitrogens with zero attached hydrogens (tertiary/aromatic N) is 1. The minimum absolute atomic E-state index is 0.168. The Labute approximate surface area is 126 Å². The Hall–Kier alpha value is -1.55. The van der Waals surface area contributed by atoms with Crippen LogP contribution in [-0.4, -0.2) is 42.7 Å². The lowest BCUT2D eigenvalue weighted by Crippen LogP contribution is -2.45. The standard InChI is InChI=1S/C17H23NO3/c1-13-4-6-14(7-5-13)21-15-8-10-18(11-9-15)17(19)16-3-2-12-20-16/h4-7,15-16H,2-3,8-12H2,1H3/t16-/m0/s1. The highest BCUT2D eigenvalue weighted by atomic mass is 16.5. The predicted octanol–water partition coefficient (Wildman–Crippen LogP) is 2.54. The molecule has 0 aliphatic carbocycles. The van der Waals surface area contributed by atoms with Crippen molar-refractivity contribution in [3.8, 4) is 5.75 Å². The summed E-state index contributed by atoms with van der Waals surface area (Å²) in [5, 5.41) is 0. The van der Waals surface area contributed by atoms with Crippen LogP contribution in [0.3, 0.4) is 0 Å². The zero-order chi connectivity index (χ0) is 14.7.